The Hall–Kier alpha value is -2.23. The van der Waals surface area contributed by atoms with Crippen molar-refractivity contribution in [3.8, 4) is 0 Å². The first kappa shape index (κ1) is 13.7. The zero-order valence-electron chi connectivity index (χ0n) is 11.6. The standard InChI is InChI=1S/C17H16F2N2/c18-14-4-1-3-13(11-14)7-8-17-20-9-10-21(17)16-6-2-5-15(19)12-16/h1-6,11-12H,7-10H2. The largest absolute Gasteiger partial charge is 0.328 e. The fraction of sp³-hybridized carbons (Fsp3) is 0.235. The van der Waals surface area contributed by atoms with E-state index in [0.717, 1.165) is 43.0 Å². The summed E-state index contributed by atoms with van der Waals surface area (Å²) in [6.45, 7) is 1.48. The molecule has 108 valence electrons. The molecule has 2 aromatic rings. The SMILES string of the molecule is Fc1cccc(CCC2=NCCN2c2cccc(F)c2)c1. The van der Waals surface area contributed by atoms with Gasteiger partial charge in [0.1, 0.15) is 17.5 Å². The third-order valence-electron chi connectivity index (χ3n) is 3.58. The van der Waals surface area contributed by atoms with E-state index in [1.165, 1.54) is 18.2 Å². The Balaban J connectivity index is 1.70. The first-order valence-electron chi connectivity index (χ1n) is 7.03. The van der Waals surface area contributed by atoms with Gasteiger partial charge in [-0.3, -0.25) is 4.99 Å². The van der Waals surface area contributed by atoms with Crippen LogP contribution in [0.15, 0.2) is 53.5 Å². The van der Waals surface area contributed by atoms with Crippen molar-refractivity contribution >= 4 is 11.5 Å². The Morgan fingerprint density at radius 2 is 1.71 bits per heavy atom. The molecular formula is C17H16F2N2. The van der Waals surface area contributed by atoms with Crippen LogP contribution in [0.5, 0.6) is 0 Å². The summed E-state index contributed by atoms with van der Waals surface area (Å²) in [6, 6.07) is 13.1. The van der Waals surface area contributed by atoms with Crippen molar-refractivity contribution in [2.24, 2.45) is 4.99 Å². The molecule has 0 bridgehead atoms. The van der Waals surface area contributed by atoms with Crippen molar-refractivity contribution in [3.05, 3.63) is 65.7 Å². The minimum Gasteiger partial charge on any atom is -0.328 e. The second-order valence-corrected chi connectivity index (χ2v) is 5.06. The molecule has 4 heteroatoms. The normalized spacial score (nSPS) is 14.4. The quantitative estimate of drug-likeness (QED) is 0.834. The van der Waals surface area contributed by atoms with Crippen molar-refractivity contribution < 1.29 is 8.78 Å². The molecule has 1 heterocycles. The molecule has 0 saturated heterocycles. The molecule has 0 radical (unpaired) electrons. The second kappa shape index (κ2) is 6.04. The fourth-order valence-electron chi connectivity index (χ4n) is 2.58. The Morgan fingerprint density at radius 1 is 0.952 bits per heavy atom. The van der Waals surface area contributed by atoms with E-state index in [4.69, 9.17) is 0 Å². The van der Waals surface area contributed by atoms with Gasteiger partial charge >= 0.3 is 0 Å². The van der Waals surface area contributed by atoms with Crippen LogP contribution in [-0.4, -0.2) is 18.9 Å². The Bertz CT molecular complexity index is 667. The van der Waals surface area contributed by atoms with Gasteiger partial charge in [0.25, 0.3) is 0 Å². The minimum atomic E-state index is -0.246. The van der Waals surface area contributed by atoms with E-state index in [1.807, 2.05) is 17.0 Å². The predicted octanol–water partition coefficient (Wildman–Crippen LogP) is 3.82. The van der Waals surface area contributed by atoms with Gasteiger partial charge in [0, 0.05) is 18.7 Å². The highest BCUT2D eigenvalue weighted by atomic mass is 19.1. The summed E-state index contributed by atoms with van der Waals surface area (Å²) in [4.78, 5) is 6.52. The number of halogens is 2. The van der Waals surface area contributed by atoms with Crippen LogP contribution in [0.1, 0.15) is 12.0 Å². The van der Waals surface area contributed by atoms with Crippen LogP contribution in [0.25, 0.3) is 0 Å². The monoisotopic (exact) mass is 286 g/mol. The van der Waals surface area contributed by atoms with Gasteiger partial charge in [0.05, 0.1) is 6.54 Å². The van der Waals surface area contributed by atoms with E-state index in [9.17, 15) is 8.78 Å². The average molecular weight is 286 g/mol. The lowest BCUT2D eigenvalue weighted by molar-refractivity contribution is 0.625. The van der Waals surface area contributed by atoms with Crippen molar-refractivity contribution in [3.63, 3.8) is 0 Å². The Morgan fingerprint density at radius 3 is 2.48 bits per heavy atom. The number of anilines is 1. The summed E-state index contributed by atoms with van der Waals surface area (Å²) in [6.07, 6.45) is 1.45. The summed E-state index contributed by atoms with van der Waals surface area (Å²) >= 11 is 0. The lowest BCUT2D eigenvalue weighted by Gasteiger charge is -2.20. The molecule has 2 aromatic carbocycles. The maximum Gasteiger partial charge on any atom is 0.125 e. The van der Waals surface area contributed by atoms with E-state index >= 15 is 0 Å². The van der Waals surface area contributed by atoms with Crippen molar-refractivity contribution in [1.82, 2.24) is 0 Å². The second-order valence-electron chi connectivity index (χ2n) is 5.06. The molecule has 1 aliphatic heterocycles. The van der Waals surface area contributed by atoms with Crippen LogP contribution in [0, 0.1) is 11.6 Å². The summed E-state index contributed by atoms with van der Waals surface area (Å²) in [7, 11) is 0. The summed E-state index contributed by atoms with van der Waals surface area (Å²) in [5.74, 6) is 0.469. The van der Waals surface area contributed by atoms with Gasteiger partial charge in [-0.25, -0.2) is 8.78 Å². The number of amidine groups is 1. The van der Waals surface area contributed by atoms with Crippen LogP contribution in [0.2, 0.25) is 0 Å². The van der Waals surface area contributed by atoms with Crippen molar-refractivity contribution in [2.45, 2.75) is 12.8 Å². The Kier molecular flexibility index (Phi) is 3.95. The molecule has 2 nitrogen and oxygen atoms in total. The first-order chi connectivity index (χ1) is 10.2. The summed E-state index contributed by atoms with van der Waals surface area (Å²) in [5, 5.41) is 0. The highest BCUT2D eigenvalue weighted by Gasteiger charge is 2.18. The van der Waals surface area contributed by atoms with E-state index in [0.29, 0.717) is 0 Å². The van der Waals surface area contributed by atoms with E-state index in [-0.39, 0.29) is 11.6 Å². The third-order valence-corrected chi connectivity index (χ3v) is 3.58. The molecule has 0 aliphatic carbocycles. The van der Waals surface area contributed by atoms with Gasteiger partial charge in [-0.05, 0) is 42.3 Å². The van der Waals surface area contributed by atoms with Gasteiger partial charge in [-0.2, -0.15) is 0 Å². The van der Waals surface area contributed by atoms with Gasteiger partial charge < -0.3 is 4.90 Å². The molecule has 0 saturated carbocycles. The van der Waals surface area contributed by atoms with Crippen molar-refractivity contribution in [1.29, 1.82) is 0 Å². The molecule has 0 unspecified atom stereocenters. The molecule has 21 heavy (non-hydrogen) atoms. The molecule has 0 spiro atoms. The van der Waals surface area contributed by atoms with Crippen LogP contribution in [0.3, 0.4) is 0 Å². The van der Waals surface area contributed by atoms with Gasteiger partial charge in [-0.1, -0.05) is 18.2 Å². The minimum absolute atomic E-state index is 0.220. The van der Waals surface area contributed by atoms with E-state index < -0.39 is 0 Å². The number of nitrogens with zero attached hydrogens (tertiary/aromatic N) is 2. The first-order valence-corrected chi connectivity index (χ1v) is 7.03. The maximum absolute atomic E-state index is 13.3. The highest BCUT2D eigenvalue weighted by molar-refractivity contribution is 5.99. The zero-order chi connectivity index (χ0) is 14.7. The molecule has 0 aromatic heterocycles. The number of aliphatic imine (C=N–C) groups is 1. The molecule has 0 fully saturated rings. The van der Waals surface area contributed by atoms with Crippen LogP contribution in [0.4, 0.5) is 14.5 Å². The van der Waals surface area contributed by atoms with Crippen molar-refractivity contribution in [2.75, 3.05) is 18.0 Å². The van der Waals surface area contributed by atoms with Gasteiger partial charge in [0.15, 0.2) is 0 Å². The number of hydrogen-bond donors (Lipinski definition) is 0. The molecule has 0 atom stereocenters. The highest BCUT2D eigenvalue weighted by Crippen LogP contribution is 2.21. The Labute approximate surface area is 122 Å². The van der Waals surface area contributed by atoms with Crippen LogP contribution < -0.4 is 4.90 Å². The summed E-state index contributed by atoms with van der Waals surface area (Å²) < 4.78 is 26.5. The summed E-state index contributed by atoms with van der Waals surface area (Å²) in [5.41, 5.74) is 1.77. The zero-order valence-corrected chi connectivity index (χ0v) is 11.6. The van der Waals surface area contributed by atoms with Crippen LogP contribution >= 0.6 is 0 Å². The molecule has 1 aliphatic rings. The molecular weight excluding hydrogens is 270 g/mol. The molecule has 0 amide bonds. The van der Waals surface area contributed by atoms with Gasteiger partial charge in [0.2, 0.25) is 0 Å². The number of aryl methyl sites for hydroxylation is 1. The maximum atomic E-state index is 13.3. The smallest absolute Gasteiger partial charge is 0.125 e. The third kappa shape index (κ3) is 3.27. The lowest BCUT2D eigenvalue weighted by atomic mass is 10.1. The lowest BCUT2D eigenvalue weighted by Crippen LogP contribution is -2.27. The number of rotatable bonds is 4. The van der Waals surface area contributed by atoms with Crippen LogP contribution in [-0.2, 0) is 6.42 Å². The average Bonchev–Trinajstić information content (AvgIpc) is 2.94. The predicted molar refractivity (Wildman–Crippen MR) is 80.8 cm³/mol. The molecule has 0 N–H and O–H groups in total. The topological polar surface area (TPSA) is 15.6 Å². The number of benzene rings is 2. The number of hydrogen-bond acceptors (Lipinski definition) is 2. The van der Waals surface area contributed by atoms with E-state index in [2.05, 4.69) is 4.99 Å². The van der Waals surface area contributed by atoms with Gasteiger partial charge in [-0.15, -0.1) is 0 Å². The van der Waals surface area contributed by atoms with E-state index in [1.54, 1.807) is 18.2 Å². The molecule has 3 rings (SSSR count). The fourth-order valence-corrected chi connectivity index (χ4v) is 2.58.